The molecular formula is C25H21N3O7S. The van der Waals surface area contributed by atoms with Gasteiger partial charge in [0, 0.05) is 6.07 Å². The fraction of sp³-hybridized carbons (Fsp3) is 0.120. The van der Waals surface area contributed by atoms with E-state index in [0.717, 1.165) is 5.56 Å². The molecule has 3 aromatic rings. The fourth-order valence-corrected chi connectivity index (χ4v) is 4.06. The standard InChI is InChI=1S/C25H21N3O7S/c1-16-4-8-20(9-5-16)36(32,33)35-24-14-18(7-11-23(24)34-3)13-19(15-26)25(29)27-21-10-6-17(2)12-22(21)28(30)31/h4-14H,1-3H3,(H,27,29)/b19-13+. The number of amides is 1. The summed E-state index contributed by atoms with van der Waals surface area (Å²) < 4.78 is 35.9. The predicted octanol–water partition coefficient (Wildman–Crippen LogP) is 4.53. The minimum Gasteiger partial charge on any atom is -0.493 e. The number of hydrogen-bond acceptors (Lipinski definition) is 8. The van der Waals surface area contributed by atoms with Gasteiger partial charge in [0.1, 0.15) is 22.2 Å². The third-order valence-corrected chi connectivity index (χ3v) is 6.22. The molecule has 0 saturated heterocycles. The monoisotopic (exact) mass is 507 g/mol. The van der Waals surface area contributed by atoms with E-state index in [1.54, 1.807) is 31.2 Å². The van der Waals surface area contributed by atoms with Crippen molar-refractivity contribution in [2.45, 2.75) is 18.7 Å². The average Bonchev–Trinajstić information content (AvgIpc) is 2.83. The van der Waals surface area contributed by atoms with Crippen molar-refractivity contribution in [3.05, 3.63) is 93.0 Å². The number of ether oxygens (including phenoxy) is 1. The van der Waals surface area contributed by atoms with Crippen molar-refractivity contribution in [3.63, 3.8) is 0 Å². The van der Waals surface area contributed by atoms with Crippen molar-refractivity contribution in [1.82, 2.24) is 0 Å². The van der Waals surface area contributed by atoms with Crippen LogP contribution in [-0.2, 0) is 14.9 Å². The summed E-state index contributed by atoms with van der Waals surface area (Å²) in [7, 11) is -2.86. The summed E-state index contributed by atoms with van der Waals surface area (Å²) in [5, 5.41) is 23.2. The second kappa shape index (κ2) is 10.7. The minimum atomic E-state index is -4.20. The summed E-state index contributed by atoms with van der Waals surface area (Å²) >= 11 is 0. The van der Waals surface area contributed by atoms with E-state index >= 15 is 0 Å². The van der Waals surface area contributed by atoms with Crippen LogP contribution < -0.4 is 14.2 Å². The lowest BCUT2D eigenvalue weighted by Gasteiger charge is -2.12. The molecule has 0 aliphatic rings. The number of nitriles is 1. The summed E-state index contributed by atoms with van der Waals surface area (Å²) in [6.45, 7) is 3.48. The van der Waals surface area contributed by atoms with Crippen LogP contribution in [0.15, 0.2) is 71.1 Å². The molecular weight excluding hydrogens is 486 g/mol. The van der Waals surface area contributed by atoms with Gasteiger partial charge in [-0.05, 0) is 61.4 Å². The van der Waals surface area contributed by atoms with Gasteiger partial charge < -0.3 is 14.2 Å². The van der Waals surface area contributed by atoms with Gasteiger partial charge in [-0.25, -0.2) is 0 Å². The quantitative estimate of drug-likeness (QED) is 0.154. The van der Waals surface area contributed by atoms with Gasteiger partial charge in [0.05, 0.1) is 12.0 Å². The van der Waals surface area contributed by atoms with E-state index in [2.05, 4.69) is 5.32 Å². The van der Waals surface area contributed by atoms with E-state index in [9.17, 15) is 28.6 Å². The molecule has 1 N–H and O–H groups in total. The first-order valence-corrected chi connectivity index (χ1v) is 11.8. The van der Waals surface area contributed by atoms with Crippen LogP contribution in [0.5, 0.6) is 11.5 Å². The van der Waals surface area contributed by atoms with Crippen LogP contribution in [0.3, 0.4) is 0 Å². The zero-order valence-electron chi connectivity index (χ0n) is 19.5. The zero-order chi connectivity index (χ0) is 26.5. The Labute approximate surface area is 207 Å². The van der Waals surface area contributed by atoms with Crippen LogP contribution in [0.4, 0.5) is 11.4 Å². The number of rotatable bonds is 8. The van der Waals surface area contributed by atoms with Crippen molar-refractivity contribution < 1.29 is 27.1 Å². The molecule has 0 bridgehead atoms. The highest BCUT2D eigenvalue weighted by atomic mass is 32.2. The first kappa shape index (κ1) is 25.9. The maximum Gasteiger partial charge on any atom is 0.339 e. The first-order valence-electron chi connectivity index (χ1n) is 10.4. The Morgan fingerprint density at radius 3 is 2.31 bits per heavy atom. The summed E-state index contributed by atoms with van der Waals surface area (Å²) in [4.78, 5) is 23.3. The SMILES string of the molecule is COc1ccc(/C=C(\C#N)C(=O)Nc2ccc(C)cc2[N+](=O)[O-])cc1OS(=O)(=O)c1ccc(C)cc1. The number of carbonyl (C=O) groups excluding carboxylic acids is 1. The van der Waals surface area contributed by atoms with Gasteiger partial charge in [-0.15, -0.1) is 0 Å². The normalized spacial score (nSPS) is 11.3. The molecule has 1 amide bonds. The van der Waals surface area contributed by atoms with E-state index in [-0.39, 0.29) is 38.9 Å². The van der Waals surface area contributed by atoms with Gasteiger partial charge >= 0.3 is 10.1 Å². The first-order chi connectivity index (χ1) is 17.0. The Balaban J connectivity index is 1.92. The van der Waals surface area contributed by atoms with E-state index < -0.39 is 20.9 Å². The predicted molar refractivity (Wildman–Crippen MR) is 132 cm³/mol. The maximum atomic E-state index is 12.7. The number of nitrogens with one attached hydrogen (secondary N) is 1. The molecule has 0 aliphatic heterocycles. The number of carbonyl (C=O) groups is 1. The van der Waals surface area contributed by atoms with Gasteiger partial charge in [0.2, 0.25) is 0 Å². The van der Waals surface area contributed by atoms with Gasteiger partial charge in [-0.1, -0.05) is 29.8 Å². The molecule has 184 valence electrons. The number of nitro benzene ring substituents is 1. The van der Waals surface area contributed by atoms with Gasteiger partial charge in [-0.3, -0.25) is 14.9 Å². The molecule has 11 heteroatoms. The Bertz CT molecular complexity index is 1510. The highest BCUT2D eigenvalue weighted by molar-refractivity contribution is 7.87. The number of methoxy groups -OCH3 is 1. The van der Waals surface area contributed by atoms with Crippen LogP contribution in [0.2, 0.25) is 0 Å². The Morgan fingerprint density at radius 1 is 1.03 bits per heavy atom. The third-order valence-electron chi connectivity index (χ3n) is 4.97. The van der Waals surface area contributed by atoms with Gasteiger partial charge in [0.25, 0.3) is 11.6 Å². The Morgan fingerprint density at radius 2 is 1.69 bits per heavy atom. The van der Waals surface area contributed by atoms with Gasteiger partial charge in [0.15, 0.2) is 11.5 Å². The molecule has 0 radical (unpaired) electrons. The summed E-state index contributed by atoms with van der Waals surface area (Å²) in [6.07, 6.45) is 1.19. The number of hydrogen-bond donors (Lipinski definition) is 1. The topological polar surface area (TPSA) is 149 Å². The average molecular weight is 508 g/mol. The smallest absolute Gasteiger partial charge is 0.339 e. The van der Waals surface area contributed by atoms with Crippen molar-refractivity contribution >= 4 is 33.5 Å². The van der Waals surface area contributed by atoms with Crippen molar-refractivity contribution in [3.8, 4) is 17.6 Å². The Kier molecular flexibility index (Phi) is 7.71. The highest BCUT2D eigenvalue weighted by Gasteiger charge is 2.21. The lowest BCUT2D eigenvalue weighted by atomic mass is 10.1. The van der Waals surface area contributed by atoms with Crippen molar-refractivity contribution in [2.24, 2.45) is 0 Å². The zero-order valence-corrected chi connectivity index (χ0v) is 20.3. The Hall–Kier alpha value is -4.69. The van der Waals surface area contributed by atoms with Crippen molar-refractivity contribution in [1.29, 1.82) is 5.26 Å². The largest absolute Gasteiger partial charge is 0.493 e. The number of aryl methyl sites for hydroxylation is 2. The van der Waals surface area contributed by atoms with Crippen LogP contribution in [-0.4, -0.2) is 26.4 Å². The molecule has 10 nitrogen and oxygen atoms in total. The van der Waals surface area contributed by atoms with E-state index in [0.29, 0.717) is 5.56 Å². The fourth-order valence-electron chi connectivity index (χ4n) is 3.12. The lowest BCUT2D eigenvalue weighted by Crippen LogP contribution is -2.14. The summed E-state index contributed by atoms with van der Waals surface area (Å²) in [5.41, 5.74) is 0.998. The molecule has 3 aromatic carbocycles. The number of nitro groups is 1. The maximum absolute atomic E-state index is 12.7. The second-order valence-corrected chi connectivity index (χ2v) is 9.21. The number of nitrogens with zero attached hydrogens (tertiary/aromatic N) is 2. The molecule has 0 spiro atoms. The van der Waals surface area contributed by atoms with E-state index in [1.165, 1.54) is 55.7 Å². The molecule has 36 heavy (non-hydrogen) atoms. The molecule has 0 atom stereocenters. The third kappa shape index (κ3) is 6.05. The van der Waals surface area contributed by atoms with Crippen LogP contribution in [0.25, 0.3) is 6.08 Å². The molecule has 3 rings (SSSR count). The van der Waals surface area contributed by atoms with Gasteiger partial charge in [-0.2, -0.15) is 13.7 Å². The second-order valence-electron chi connectivity index (χ2n) is 7.66. The highest BCUT2D eigenvalue weighted by Crippen LogP contribution is 2.32. The molecule has 0 unspecified atom stereocenters. The van der Waals surface area contributed by atoms with E-state index in [4.69, 9.17) is 8.92 Å². The van der Waals surface area contributed by atoms with Crippen LogP contribution >= 0.6 is 0 Å². The van der Waals surface area contributed by atoms with Crippen LogP contribution in [0.1, 0.15) is 16.7 Å². The minimum absolute atomic E-state index is 0.0621. The lowest BCUT2D eigenvalue weighted by molar-refractivity contribution is -0.384. The molecule has 0 fully saturated rings. The van der Waals surface area contributed by atoms with Crippen molar-refractivity contribution in [2.75, 3.05) is 12.4 Å². The number of anilines is 1. The number of benzene rings is 3. The van der Waals surface area contributed by atoms with Crippen LogP contribution in [0, 0.1) is 35.3 Å². The molecule has 0 aromatic heterocycles. The summed E-state index contributed by atoms with van der Waals surface area (Å²) in [6, 6.07) is 16.3. The molecule has 0 saturated carbocycles. The molecule has 0 heterocycles. The molecule has 0 aliphatic carbocycles. The summed E-state index contributed by atoms with van der Waals surface area (Å²) in [5.74, 6) is -0.921. The van der Waals surface area contributed by atoms with E-state index in [1.807, 2.05) is 6.92 Å².